The molecule has 11 heavy (non-hydrogen) atoms. The molecule has 0 spiro atoms. The van der Waals surface area contributed by atoms with Gasteiger partial charge >= 0.3 is 0 Å². The van der Waals surface area contributed by atoms with Gasteiger partial charge in [0.05, 0.1) is 4.47 Å². The fraction of sp³-hybridized carbons (Fsp3) is 0. The standard InChI is InChI=1S/C7H5BrN2O/c8-5-4-10-2-1-9-7(10)3-6(5)11/h1-4,9H. The lowest BCUT2D eigenvalue weighted by atomic mass is 10.5. The molecular weight excluding hydrogens is 208 g/mol. The molecule has 0 atom stereocenters. The van der Waals surface area contributed by atoms with Crippen molar-refractivity contribution >= 4 is 21.6 Å². The monoisotopic (exact) mass is 212 g/mol. The highest BCUT2D eigenvalue weighted by atomic mass is 79.9. The number of rotatable bonds is 0. The SMILES string of the molecule is O=c1cc2[nH]ccn2cc1Br. The molecule has 2 aromatic heterocycles. The molecule has 0 aliphatic heterocycles. The number of nitrogens with one attached hydrogen (secondary N) is 1. The number of hydrogen-bond acceptors (Lipinski definition) is 1. The summed E-state index contributed by atoms with van der Waals surface area (Å²) in [5.74, 6) is 0. The normalized spacial score (nSPS) is 10.6. The van der Waals surface area contributed by atoms with Crippen LogP contribution in [0.3, 0.4) is 0 Å². The Hall–Kier alpha value is -1.03. The zero-order valence-electron chi connectivity index (χ0n) is 5.54. The van der Waals surface area contributed by atoms with Crippen molar-refractivity contribution < 1.29 is 0 Å². The number of aromatic nitrogens is 2. The molecule has 3 nitrogen and oxygen atoms in total. The second kappa shape index (κ2) is 2.23. The average Bonchev–Trinajstić information content (AvgIpc) is 2.36. The van der Waals surface area contributed by atoms with E-state index in [4.69, 9.17) is 0 Å². The largest absolute Gasteiger partial charge is 0.346 e. The Morgan fingerprint density at radius 2 is 2.36 bits per heavy atom. The fourth-order valence-electron chi connectivity index (χ4n) is 0.965. The molecule has 2 aromatic rings. The van der Waals surface area contributed by atoms with E-state index in [2.05, 4.69) is 20.9 Å². The van der Waals surface area contributed by atoms with E-state index >= 15 is 0 Å². The van der Waals surface area contributed by atoms with Crippen molar-refractivity contribution in [1.29, 1.82) is 0 Å². The predicted octanol–water partition coefficient (Wildman–Crippen LogP) is 1.39. The number of aromatic amines is 1. The lowest BCUT2D eigenvalue weighted by Crippen LogP contribution is -2.01. The average molecular weight is 213 g/mol. The van der Waals surface area contributed by atoms with Crippen molar-refractivity contribution in [1.82, 2.24) is 9.38 Å². The van der Waals surface area contributed by atoms with Crippen LogP contribution in [0.25, 0.3) is 5.65 Å². The van der Waals surface area contributed by atoms with Crippen molar-refractivity contribution in [2.24, 2.45) is 0 Å². The molecule has 0 saturated heterocycles. The number of halogens is 1. The van der Waals surface area contributed by atoms with Gasteiger partial charge in [-0.25, -0.2) is 0 Å². The third kappa shape index (κ3) is 0.991. The van der Waals surface area contributed by atoms with Crippen LogP contribution in [0, 0.1) is 0 Å². The van der Waals surface area contributed by atoms with Crippen LogP contribution in [0.2, 0.25) is 0 Å². The highest BCUT2D eigenvalue weighted by Crippen LogP contribution is 2.04. The van der Waals surface area contributed by atoms with Crippen molar-refractivity contribution in [2.75, 3.05) is 0 Å². The van der Waals surface area contributed by atoms with Gasteiger partial charge in [0.25, 0.3) is 0 Å². The van der Waals surface area contributed by atoms with Gasteiger partial charge in [-0.2, -0.15) is 0 Å². The molecule has 0 saturated carbocycles. The molecule has 0 radical (unpaired) electrons. The summed E-state index contributed by atoms with van der Waals surface area (Å²) in [5, 5.41) is 0. The van der Waals surface area contributed by atoms with Crippen LogP contribution >= 0.6 is 15.9 Å². The highest BCUT2D eigenvalue weighted by Gasteiger charge is 1.96. The van der Waals surface area contributed by atoms with Crippen molar-refractivity contribution in [2.45, 2.75) is 0 Å². The van der Waals surface area contributed by atoms with Gasteiger partial charge in [-0.15, -0.1) is 0 Å². The second-order valence-electron chi connectivity index (χ2n) is 2.24. The van der Waals surface area contributed by atoms with Crippen LogP contribution in [-0.4, -0.2) is 9.38 Å². The Labute approximate surface area is 70.8 Å². The van der Waals surface area contributed by atoms with Gasteiger partial charge in [0.2, 0.25) is 0 Å². The number of fused-ring (bicyclic) bond motifs is 1. The van der Waals surface area contributed by atoms with Crippen molar-refractivity contribution in [3.63, 3.8) is 0 Å². The van der Waals surface area contributed by atoms with E-state index in [0.29, 0.717) is 4.47 Å². The molecule has 0 amide bonds. The molecule has 4 heteroatoms. The first-order valence-electron chi connectivity index (χ1n) is 3.12. The van der Waals surface area contributed by atoms with E-state index in [1.165, 1.54) is 0 Å². The molecule has 0 fully saturated rings. The van der Waals surface area contributed by atoms with E-state index in [1.807, 2.05) is 10.6 Å². The van der Waals surface area contributed by atoms with E-state index in [9.17, 15) is 4.79 Å². The first-order valence-corrected chi connectivity index (χ1v) is 3.91. The third-order valence-electron chi connectivity index (χ3n) is 1.50. The van der Waals surface area contributed by atoms with Crippen LogP contribution in [-0.2, 0) is 0 Å². The molecule has 2 rings (SSSR count). The summed E-state index contributed by atoms with van der Waals surface area (Å²) in [4.78, 5) is 14.0. The molecule has 2 heterocycles. The van der Waals surface area contributed by atoms with Gasteiger partial charge in [0, 0.05) is 24.7 Å². The highest BCUT2D eigenvalue weighted by molar-refractivity contribution is 9.10. The number of hydrogen-bond donors (Lipinski definition) is 1. The smallest absolute Gasteiger partial charge is 0.197 e. The predicted molar refractivity (Wildman–Crippen MR) is 45.7 cm³/mol. The number of H-pyrrole nitrogens is 1. The lowest BCUT2D eigenvalue weighted by Gasteiger charge is -1.91. The Bertz CT molecular complexity index is 443. The van der Waals surface area contributed by atoms with Gasteiger partial charge in [-0.1, -0.05) is 0 Å². The molecule has 0 aliphatic rings. The van der Waals surface area contributed by atoms with E-state index in [-0.39, 0.29) is 5.43 Å². The van der Waals surface area contributed by atoms with E-state index in [1.54, 1.807) is 18.5 Å². The Balaban J connectivity index is 2.97. The maximum atomic E-state index is 11.1. The van der Waals surface area contributed by atoms with E-state index in [0.717, 1.165) is 5.65 Å². The van der Waals surface area contributed by atoms with Gasteiger partial charge in [-0.05, 0) is 15.9 Å². The van der Waals surface area contributed by atoms with Gasteiger partial charge in [0.1, 0.15) is 5.65 Å². The fourth-order valence-corrected chi connectivity index (χ4v) is 1.30. The van der Waals surface area contributed by atoms with Crippen LogP contribution < -0.4 is 5.43 Å². The van der Waals surface area contributed by atoms with E-state index < -0.39 is 0 Å². The summed E-state index contributed by atoms with van der Waals surface area (Å²) in [6.07, 6.45) is 5.36. The van der Waals surface area contributed by atoms with Gasteiger partial charge in [-0.3, -0.25) is 4.79 Å². The third-order valence-corrected chi connectivity index (χ3v) is 2.10. The van der Waals surface area contributed by atoms with Crippen LogP contribution in [0.1, 0.15) is 0 Å². The summed E-state index contributed by atoms with van der Waals surface area (Å²) >= 11 is 3.15. The maximum absolute atomic E-state index is 11.1. The minimum absolute atomic E-state index is 0.00699. The minimum Gasteiger partial charge on any atom is -0.346 e. The Morgan fingerprint density at radius 1 is 1.55 bits per heavy atom. The molecular formula is C7H5BrN2O. The van der Waals surface area contributed by atoms with Crippen molar-refractivity contribution in [3.05, 3.63) is 39.4 Å². The number of pyridine rings is 1. The summed E-state index contributed by atoms with van der Waals surface area (Å²) in [6.45, 7) is 0. The van der Waals surface area contributed by atoms with Crippen LogP contribution in [0.4, 0.5) is 0 Å². The number of imidazole rings is 1. The molecule has 56 valence electrons. The van der Waals surface area contributed by atoms with Gasteiger partial charge in [0.15, 0.2) is 5.43 Å². The number of nitrogens with zero attached hydrogens (tertiary/aromatic N) is 1. The maximum Gasteiger partial charge on any atom is 0.197 e. The first kappa shape index (κ1) is 6.67. The zero-order chi connectivity index (χ0) is 7.84. The first-order chi connectivity index (χ1) is 5.27. The topological polar surface area (TPSA) is 37.3 Å². The Kier molecular flexibility index (Phi) is 1.35. The lowest BCUT2D eigenvalue weighted by molar-refractivity contribution is 1.16. The quantitative estimate of drug-likeness (QED) is 0.705. The van der Waals surface area contributed by atoms with Crippen LogP contribution in [0.5, 0.6) is 0 Å². The zero-order valence-corrected chi connectivity index (χ0v) is 7.13. The molecule has 0 bridgehead atoms. The van der Waals surface area contributed by atoms with Crippen LogP contribution in [0.15, 0.2) is 33.9 Å². The van der Waals surface area contributed by atoms with Gasteiger partial charge < -0.3 is 9.38 Å². The summed E-state index contributed by atoms with van der Waals surface area (Å²) < 4.78 is 2.42. The summed E-state index contributed by atoms with van der Waals surface area (Å²) in [7, 11) is 0. The molecule has 0 aromatic carbocycles. The summed E-state index contributed by atoms with van der Waals surface area (Å²) in [5.41, 5.74) is 0.797. The summed E-state index contributed by atoms with van der Waals surface area (Å²) in [6, 6.07) is 1.55. The molecule has 1 N–H and O–H groups in total. The van der Waals surface area contributed by atoms with Crippen molar-refractivity contribution in [3.8, 4) is 0 Å². The second-order valence-corrected chi connectivity index (χ2v) is 3.09. The molecule has 0 unspecified atom stereocenters. The molecule has 0 aliphatic carbocycles. The minimum atomic E-state index is -0.00699. The Morgan fingerprint density at radius 3 is 3.18 bits per heavy atom.